The van der Waals surface area contributed by atoms with E-state index in [-0.39, 0.29) is 30.5 Å². The Morgan fingerprint density at radius 2 is 1.67 bits per heavy atom. The Kier molecular flexibility index (Phi) is 4.39. The number of amides is 1. The maximum Gasteiger partial charge on any atom is 0.253 e. The minimum absolute atomic E-state index is 0.0203. The lowest BCUT2D eigenvalue weighted by Crippen LogP contribution is -2.43. The molecular formula is C20H19N3O3S. The molecule has 1 saturated heterocycles. The summed E-state index contributed by atoms with van der Waals surface area (Å²) in [6.45, 7) is 2.39. The summed E-state index contributed by atoms with van der Waals surface area (Å²) in [4.78, 5) is 14.4. The fourth-order valence-corrected chi connectivity index (χ4v) is 4.55. The molecule has 0 unspecified atom stereocenters. The maximum atomic E-state index is 12.8. The molecule has 4 rings (SSSR count). The molecule has 0 radical (unpaired) electrons. The van der Waals surface area contributed by atoms with Crippen LogP contribution >= 0.6 is 0 Å². The molecule has 1 aliphatic heterocycles. The zero-order valence-electron chi connectivity index (χ0n) is 14.9. The molecule has 2 aromatic carbocycles. The molecule has 1 amide bonds. The Morgan fingerprint density at radius 1 is 0.963 bits per heavy atom. The Morgan fingerprint density at radius 3 is 2.41 bits per heavy atom. The molecule has 3 aromatic rings. The highest BCUT2D eigenvalue weighted by Gasteiger charge is 2.26. The van der Waals surface area contributed by atoms with Crippen LogP contribution in [0.25, 0.3) is 22.0 Å². The summed E-state index contributed by atoms with van der Waals surface area (Å²) < 4.78 is 23.2. The van der Waals surface area contributed by atoms with Gasteiger partial charge in [0.05, 0.1) is 17.2 Å². The summed E-state index contributed by atoms with van der Waals surface area (Å²) in [6.07, 6.45) is 0. The molecule has 1 aliphatic rings. The van der Waals surface area contributed by atoms with Crippen LogP contribution in [-0.4, -0.2) is 54.0 Å². The second kappa shape index (κ2) is 6.74. The highest BCUT2D eigenvalue weighted by Crippen LogP contribution is 2.28. The molecule has 0 atom stereocenters. The van der Waals surface area contributed by atoms with E-state index in [1.54, 1.807) is 17.0 Å². The van der Waals surface area contributed by atoms with Gasteiger partial charge in [-0.05, 0) is 19.1 Å². The van der Waals surface area contributed by atoms with E-state index in [0.717, 1.165) is 27.7 Å². The van der Waals surface area contributed by atoms with Gasteiger partial charge in [-0.2, -0.15) is 5.10 Å². The van der Waals surface area contributed by atoms with Crippen LogP contribution in [0.4, 0.5) is 0 Å². The second-order valence-electron chi connectivity index (χ2n) is 6.70. The predicted octanol–water partition coefficient (Wildman–Crippen LogP) is 2.48. The summed E-state index contributed by atoms with van der Waals surface area (Å²) in [5.74, 6) is -0.116. The first-order valence-corrected chi connectivity index (χ1v) is 10.6. The minimum atomic E-state index is -3.02. The molecule has 0 saturated carbocycles. The van der Waals surface area contributed by atoms with Crippen molar-refractivity contribution in [1.29, 1.82) is 0 Å². The van der Waals surface area contributed by atoms with E-state index >= 15 is 0 Å². The Balaban J connectivity index is 1.70. The van der Waals surface area contributed by atoms with Crippen LogP contribution in [-0.2, 0) is 9.84 Å². The van der Waals surface area contributed by atoms with Gasteiger partial charge >= 0.3 is 0 Å². The van der Waals surface area contributed by atoms with Crippen LogP contribution in [0, 0.1) is 6.92 Å². The molecule has 0 aliphatic carbocycles. The molecule has 2 heterocycles. The number of nitrogens with zero attached hydrogens (tertiary/aromatic N) is 3. The lowest BCUT2D eigenvalue weighted by atomic mass is 10.0. The second-order valence-corrected chi connectivity index (χ2v) is 9.01. The first-order valence-electron chi connectivity index (χ1n) is 8.77. The number of benzene rings is 2. The molecule has 27 heavy (non-hydrogen) atoms. The van der Waals surface area contributed by atoms with E-state index < -0.39 is 9.84 Å². The monoisotopic (exact) mass is 381 g/mol. The maximum absolute atomic E-state index is 12.8. The quantitative estimate of drug-likeness (QED) is 0.681. The largest absolute Gasteiger partial charge is 0.337 e. The van der Waals surface area contributed by atoms with Crippen molar-refractivity contribution in [3.8, 4) is 11.3 Å². The smallest absolute Gasteiger partial charge is 0.253 e. The van der Waals surface area contributed by atoms with Crippen molar-refractivity contribution in [2.24, 2.45) is 0 Å². The number of rotatable bonds is 2. The highest BCUT2D eigenvalue weighted by atomic mass is 32.2. The third kappa shape index (κ3) is 3.42. The molecule has 1 fully saturated rings. The van der Waals surface area contributed by atoms with Crippen LogP contribution < -0.4 is 0 Å². The van der Waals surface area contributed by atoms with Gasteiger partial charge in [0.15, 0.2) is 9.84 Å². The highest BCUT2D eigenvalue weighted by molar-refractivity contribution is 7.91. The number of carbonyl (C=O) groups is 1. The van der Waals surface area contributed by atoms with Crippen LogP contribution in [0.3, 0.4) is 0 Å². The Bertz CT molecular complexity index is 1130. The molecule has 0 bridgehead atoms. The lowest BCUT2D eigenvalue weighted by Gasteiger charge is -2.26. The topological polar surface area (TPSA) is 80.2 Å². The number of fused-ring (bicyclic) bond motifs is 1. The van der Waals surface area contributed by atoms with E-state index in [0.29, 0.717) is 5.56 Å². The van der Waals surface area contributed by atoms with Crippen molar-refractivity contribution >= 4 is 26.5 Å². The molecule has 6 nitrogen and oxygen atoms in total. The summed E-state index contributed by atoms with van der Waals surface area (Å²) in [6, 6.07) is 15.2. The van der Waals surface area contributed by atoms with Gasteiger partial charge in [0.1, 0.15) is 5.69 Å². The Hall–Kier alpha value is -2.80. The zero-order chi connectivity index (χ0) is 19.0. The summed E-state index contributed by atoms with van der Waals surface area (Å²) >= 11 is 0. The molecule has 0 N–H and O–H groups in total. The van der Waals surface area contributed by atoms with Gasteiger partial charge in [0.2, 0.25) is 0 Å². The van der Waals surface area contributed by atoms with Gasteiger partial charge in [0.25, 0.3) is 5.91 Å². The van der Waals surface area contributed by atoms with Gasteiger partial charge in [-0.15, -0.1) is 5.10 Å². The average molecular weight is 381 g/mol. The number of hydrogen-bond donors (Lipinski definition) is 0. The fraction of sp³-hybridized carbons (Fsp3) is 0.250. The first-order chi connectivity index (χ1) is 12.9. The fourth-order valence-electron chi connectivity index (χ4n) is 3.35. The van der Waals surface area contributed by atoms with Crippen LogP contribution in [0.5, 0.6) is 0 Å². The summed E-state index contributed by atoms with van der Waals surface area (Å²) in [5.41, 5.74) is 2.93. The standard InChI is InChI=1S/C20H19N3O3S/c1-14-17-7-2-3-8-18(17)19(22-21-14)15-5-4-6-16(13-15)20(24)23-9-11-27(25,26)12-10-23/h2-8,13H,9-12H2,1H3. The molecule has 138 valence electrons. The number of carbonyl (C=O) groups excluding carboxylic acids is 1. The van der Waals surface area contributed by atoms with E-state index in [2.05, 4.69) is 10.2 Å². The van der Waals surface area contributed by atoms with E-state index in [9.17, 15) is 13.2 Å². The first kappa shape index (κ1) is 17.6. The van der Waals surface area contributed by atoms with E-state index in [1.807, 2.05) is 43.3 Å². The van der Waals surface area contributed by atoms with E-state index in [1.165, 1.54) is 0 Å². The third-order valence-corrected chi connectivity index (χ3v) is 6.50. The van der Waals surface area contributed by atoms with E-state index in [4.69, 9.17) is 0 Å². The van der Waals surface area contributed by atoms with Crippen molar-refractivity contribution in [2.45, 2.75) is 6.92 Å². The van der Waals surface area contributed by atoms with Crippen LogP contribution in [0.2, 0.25) is 0 Å². The minimum Gasteiger partial charge on any atom is -0.337 e. The van der Waals surface area contributed by atoms with Crippen molar-refractivity contribution < 1.29 is 13.2 Å². The number of sulfone groups is 1. The molecule has 0 spiro atoms. The summed E-state index contributed by atoms with van der Waals surface area (Å²) in [5, 5.41) is 10.6. The molecule has 7 heteroatoms. The van der Waals surface area contributed by atoms with Crippen LogP contribution in [0.1, 0.15) is 16.1 Å². The predicted molar refractivity (Wildman–Crippen MR) is 104 cm³/mol. The summed E-state index contributed by atoms with van der Waals surface area (Å²) in [7, 11) is -3.02. The average Bonchev–Trinajstić information content (AvgIpc) is 2.68. The van der Waals surface area contributed by atoms with Gasteiger partial charge < -0.3 is 4.90 Å². The van der Waals surface area contributed by atoms with Gasteiger partial charge in [-0.3, -0.25) is 4.79 Å². The Labute approximate surface area is 157 Å². The number of aromatic nitrogens is 2. The zero-order valence-corrected chi connectivity index (χ0v) is 15.7. The van der Waals surface area contributed by atoms with Gasteiger partial charge in [0, 0.05) is 35.0 Å². The molecule has 1 aromatic heterocycles. The van der Waals surface area contributed by atoms with Crippen molar-refractivity contribution in [3.63, 3.8) is 0 Å². The van der Waals surface area contributed by atoms with Crippen molar-refractivity contribution in [3.05, 3.63) is 59.8 Å². The lowest BCUT2D eigenvalue weighted by molar-refractivity contribution is 0.0770. The SMILES string of the molecule is Cc1nnc(-c2cccc(C(=O)N3CCS(=O)(=O)CC3)c2)c2ccccc12. The van der Waals surface area contributed by atoms with Crippen LogP contribution in [0.15, 0.2) is 48.5 Å². The molecular weight excluding hydrogens is 362 g/mol. The van der Waals surface area contributed by atoms with Gasteiger partial charge in [-0.25, -0.2) is 8.42 Å². The number of aryl methyl sites for hydroxylation is 1. The van der Waals surface area contributed by atoms with Crippen molar-refractivity contribution in [1.82, 2.24) is 15.1 Å². The normalized spacial score (nSPS) is 16.4. The number of hydrogen-bond acceptors (Lipinski definition) is 5. The van der Waals surface area contributed by atoms with Gasteiger partial charge in [-0.1, -0.05) is 36.4 Å². The third-order valence-electron chi connectivity index (χ3n) is 4.89. The van der Waals surface area contributed by atoms with Crippen molar-refractivity contribution in [2.75, 3.05) is 24.6 Å².